The Bertz CT molecular complexity index is 1450. The number of aryl methyl sites for hydroxylation is 1. The van der Waals surface area contributed by atoms with Gasteiger partial charge in [-0.3, -0.25) is 4.90 Å². The van der Waals surface area contributed by atoms with Crippen molar-refractivity contribution < 1.29 is 24.2 Å². The molecule has 0 bridgehead atoms. The summed E-state index contributed by atoms with van der Waals surface area (Å²) in [6, 6.07) is 11.9. The van der Waals surface area contributed by atoms with Crippen molar-refractivity contribution in [1.82, 2.24) is 4.90 Å². The van der Waals surface area contributed by atoms with Gasteiger partial charge in [0.2, 0.25) is 0 Å². The molecule has 2 aromatic rings. The second kappa shape index (κ2) is 15.1. The van der Waals surface area contributed by atoms with Crippen LogP contribution >= 0.6 is 12.4 Å². The lowest BCUT2D eigenvalue weighted by molar-refractivity contribution is -0.139. The minimum Gasteiger partial charge on any atom is -0.478 e. The topological polar surface area (TPSA) is 79.3 Å². The Morgan fingerprint density at radius 1 is 1.00 bits per heavy atom. The van der Waals surface area contributed by atoms with Crippen LogP contribution in [0.15, 0.2) is 78.1 Å². The van der Waals surface area contributed by atoms with Gasteiger partial charge in [-0.2, -0.15) is 0 Å². The second-order valence-electron chi connectivity index (χ2n) is 10.6. The molecule has 1 N–H and O–H groups in total. The molecule has 1 atom stereocenters. The van der Waals surface area contributed by atoms with E-state index >= 15 is 0 Å². The number of benzene rings is 2. The standard InChI is InChI=1S/C35H42N2O5.ClH/c1-7-36(8-2)25-14-17-28-31(21-25)42-32-22-26(37(9-3)10-4)15-18-29(32)33(28)27-16-13-24(20-30(27)34(38)39)12-11-19-41-35(40)23(5)6;/h13-18,20-22,25H,5,7-12,19H2,1-4,6H3,(H,38,39);1H. The van der Waals surface area contributed by atoms with Gasteiger partial charge in [-0.05, 0) is 82.1 Å². The smallest absolute Gasteiger partial charge is 0.336 e. The van der Waals surface area contributed by atoms with Crippen molar-refractivity contribution in [2.24, 2.45) is 0 Å². The number of likely N-dealkylation sites (N-methyl/N-ethyl adjacent to an activating group) is 1. The van der Waals surface area contributed by atoms with Gasteiger partial charge in [0, 0.05) is 47.1 Å². The Morgan fingerprint density at radius 2 is 1.70 bits per heavy atom. The molecule has 43 heavy (non-hydrogen) atoms. The maximum Gasteiger partial charge on any atom is 0.336 e. The number of ether oxygens (including phenoxy) is 2. The summed E-state index contributed by atoms with van der Waals surface area (Å²) in [5, 5.41) is 10.4. The molecule has 0 aromatic heterocycles. The number of nitrogens with zero attached hydrogens (tertiary/aromatic N) is 2. The molecular formula is C35H43ClN2O5. The summed E-state index contributed by atoms with van der Waals surface area (Å²) in [6.07, 6.45) is 7.53. The summed E-state index contributed by atoms with van der Waals surface area (Å²) in [4.78, 5) is 28.9. The van der Waals surface area contributed by atoms with E-state index in [0.717, 1.165) is 65.6 Å². The number of halogens is 1. The van der Waals surface area contributed by atoms with E-state index in [2.05, 4.69) is 74.4 Å². The fraction of sp³-hybridized carbons (Fsp3) is 0.371. The van der Waals surface area contributed by atoms with Crippen molar-refractivity contribution in [2.45, 2.75) is 53.5 Å². The predicted octanol–water partition coefficient (Wildman–Crippen LogP) is 7.06. The molecule has 0 fully saturated rings. The van der Waals surface area contributed by atoms with Crippen LogP contribution in [-0.4, -0.2) is 60.8 Å². The number of carboxylic acid groups (broad SMARTS) is 1. The molecule has 1 aliphatic carbocycles. The third-order valence-corrected chi connectivity index (χ3v) is 7.91. The lowest BCUT2D eigenvalue weighted by Crippen LogP contribution is -2.34. The van der Waals surface area contributed by atoms with Gasteiger partial charge in [-0.1, -0.05) is 44.7 Å². The largest absolute Gasteiger partial charge is 0.478 e. The van der Waals surface area contributed by atoms with Crippen molar-refractivity contribution >= 4 is 35.6 Å². The van der Waals surface area contributed by atoms with Gasteiger partial charge in [-0.25, -0.2) is 9.59 Å². The monoisotopic (exact) mass is 606 g/mol. The maximum absolute atomic E-state index is 12.6. The lowest BCUT2D eigenvalue weighted by atomic mass is 9.84. The molecule has 0 amide bonds. The highest BCUT2D eigenvalue weighted by Gasteiger charge is 2.30. The average Bonchev–Trinajstić information content (AvgIpc) is 2.99. The molecule has 2 aliphatic rings. The number of rotatable bonds is 13. The number of carbonyl (C=O) groups is 2. The second-order valence-corrected chi connectivity index (χ2v) is 10.6. The summed E-state index contributed by atoms with van der Waals surface area (Å²) in [5.74, 6) is 0.0545. The molecule has 1 aliphatic heterocycles. The van der Waals surface area contributed by atoms with E-state index in [1.165, 1.54) is 0 Å². The van der Waals surface area contributed by atoms with E-state index in [0.29, 0.717) is 24.0 Å². The van der Waals surface area contributed by atoms with Gasteiger partial charge >= 0.3 is 11.9 Å². The molecule has 230 valence electrons. The van der Waals surface area contributed by atoms with Gasteiger partial charge in [0.15, 0.2) is 0 Å². The van der Waals surface area contributed by atoms with Gasteiger partial charge in [0.05, 0.1) is 18.2 Å². The summed E-state index contributed by atoms with van der Waals surface area (Å²) in [7, 11) is 0. The van der Waals surface area contributed by atoms with Crippen LogP contribution in [0.25, 0.3) is 5.57 Å². The molecule has 4 rings (SSSR count). The molecular weight excluding hydrogens is 564 g/mol. The fourth-order valence-electron chi connectivity index (χ4n) is 5.59. The van der Waals surface area contributed by atoms with E-state index in [1.807, 2.05) is 18.2 Å². The minimum absolute atomic E-state index is 0. The van der Waals surface area contributed by atoms with Crippen LogP contribution < -0.4 is 9.64 Å². The number of hydrogen-bond acceptors (Lipinski definition) is 6. The van der Waals surface area contributed by atoms with Crippen molar-refractivity contribution in [1.29, 1.82) is 0 Å². The first-order chi connectivity index (χ1) is 20.2. The van der Waals surface area contributed by atoms with E-state index in [4.69, 9.17) is 9.47 Å². The fourth-order valence-corrected chi connectivity index (χ4v) is 5.59. The number of fused-ring (bicyclic) bond motifs is 2. The summed E-state index contributed by atoms with van der Waals surface area (Å²) in [5.41, 5.74) is 5.76. The third-order valence-electron chi connectivity index (χ3n) is 7.91. The SMILES string of the molecule is C=C(C)C(=O)OCCCc1ccc(C2=C3C=CC(N(CC)CC)C=C3Oc3cc(N(CC)CC)ccc32)c(C(=O)O)c1.Cl. The van der Waals surface area contributed by atoms with E-state index in [-0.39, 0.29) is 30.6 Å². The van der Waals surface area contributed by atoms with E-state index < -0.39 is 11.9 Å². The molecule has 0 saturated heterocycles. The normalized spacial score (nSPS) is 15.1. The van der Waals surface area contributed by atoms with Crippen LogP contribution in [0.5, 0.6) is 5.75 Å². The van der Waals surface area contributed by atoms with Gasteiger partial charge in [0.25, 0.3) is 0 Å². The first-order valence-electron chi connectivity index (χ1n) is 14.9. The zero-order valence-electron chi connectivity index (χ0n) is 25.8. The molecule has 0 saturated carbocycles. The summed E-state index contributed by atoms with van der Waals surface area (Å²) < 4.78 is 11.8. The zero-order chi connectivity index (χ0) is 30.4. The summed E-state index contributed by atoms with van der Waals surface area (Å²) >= 11 is 0. The number of esters is 1. The van der Waals surface area contributed by atoms with Crippen LogP contribution in [0.3, 0.4) is 0 Å². The van der Waals surface area contributed by atoms with E-state index in [1.54, 1.807) is 13.0 Å². The van der Waals surface area contributed by atoms with Crippen LogP contribution in [0.2, 0.25) is 0 Å². The van der Waals surface area contributed by atoms with Gasteiger partial charge in [-0.15, -0.1) is 12.4 Å². The lowest BCUT2D eigenvalue weighted by Gasteiger charge is -2.33. The van der Waals surface area contributed by atoms with Crippen molar-refractivity contribution in [3.63, 3.8) is 0 Å². The van der Waals surface area contributed by atoms with Gasteiger partial charge in [0.1, 0.15) is 11.5 Å². The molecule has 1 unspecified atom stereocenters. The Morgan fingerprint density at radius 3 is 2.33 bits per heavy atom. The number of allylic oxidation sites excluding steroid dienone is 1. The molecule has 1 heterocycles. The Balaban J connectivity index is 0.00000506. The highest BCUT2D eigenvalue weighted by Crippen LogP contribution is 2.45. The average molecular weight is 607 g/mol. The van der Waals surface area contributed by atoms with Gasteiger partial charge < -0.3 is 19.5 Å². The quantitative estimate of drug-likeness (QED) is 0.148. The number of anilines is 1. The predicted molar refractivity (Wildman–Crippen MR) is 175 cm³/mol. The molecule has 7 nitrogen and oxygen atoms in total. The Labute approximate surface area is 261 Å². The Kier molecular flexibility index (Phi) is 11.8. The number of hydrogen-bond donors (Lipinski definition) is 1. The maximum atomic E-state index is 12.6. The minimum atomic E-state index is -0.993. The number of aromatic carboxylic acids is 1. The number of carboxylic acids is 1. The molecule has 2 aromatic carbocycles. The first kappa shape index (κ1) is 33.7. The van der Waals surface area contributed by atoms with Crippen LogP contribution in [0, 0.1) is 0 Å². The summed E-state index contributed by atoms with van der Waals surface area (Å²) in [6.45, 7) is 17.5. The van der Waals surface area contributed by atoms with Crippen molar-refractivity contribution in [3.8, 4) is 5.75 Å². The zero-order valence-corrected chi connectivity index (χ0v) is 26.6. The van der Waals surface area contributed by atoms with Crippen molar-refractivity contribution in [2.75, 3.05) is 37.7 Å². The number of carbonyl (C=O) groups excluding carboxylic acids is 1. The van der Waals surface area contributed by atoms with Crippen LogP contribution in [-0.2, 0) is 16.0 Å². The Hall–Kier alpha value is -3.81. The highest BCUT2D eigenvalue weighted by atomic mass is 35.5. The third kappa shape index (κ3) is 7.40. The molecule has 0 spiro atoms. The highest BCUT2D eigenvalue weighted by molar-refractivity contribution is 6.00. The van der Waals surface area contributed by atoms with Crippen LogP contribution in [0.1, 0.15) is 68.1 Å². The van der Waals surface area contributed by atoms with E-state index in [9.17, 15) is 14.7 Å². The van der Waals surface area contributed by atoms with Crippen molar-refractivity contribution in [3.05, 3.63) is 100 Å². The molecule has 0 radical (unpaired) electrons. The van der Waals surface area contributed by atoms with Crippen LogP contribution in [0.4, 0.5) is 5.69 Å². The first-order valence-corrected chi connectivity index (χ1v) is 14.9. The molecule has 8 heteroatoms.